The van der Waals surface area contributed by atoms with Crippen molar-refractivity contribution in [3.63, 3.8) is 0 Å². The molecule has 0 aliphatic carbocycles. The van der Waals surface area contributed by atoms with Gasteiger partial charge in [-0.1, -0.05) is 13.8 Å². The first kappa shape index (κ1) is 17.1. The average Bonchev–Trinajstić information content (AvgIpc) is 3.20. The molecule has 2 aliphatic rings. The van der Waals surface area contributed by atoms with Crippen LogP contribution in [0.25, 0.3) is 0 Å². The lowest BCUT2D eigenvalue weighted by Gasteiger charge is -2.39. The van der Waals surface area contributed by atoms with Crippen molar-refractivity contribution in [3.05, 3.63) is 0 Å². The molecule has 2 unspecified atom stereocenters. The van der Waals surface area contributed by atoms with Gasteiger partial charge in [0.05, 0.1) is 11.5 Å². The van der Waals surface area contributed by atoms with Crippen LogP contribution in [0.2, 0.25) is 0 Å². The van der Waals surface area contributed by atoms with Crippen molar-refractivity contribution in [2.75, 3.05) is 31.2 Å². The first-order valence-electron chi connectivity index (χ1n) is 8.37. The molecule has 2 fully saturated rings. The molecule has 122 valence electrons. The third-order valence-electron chi connectivity index (χ3n) is 5.23. The Morgan fingerprint density at radius 2 is 2.14 bits per heavy atom. The largest absolute Gasteiger partial charge is 0.376 e. The number of rotatable bonds is 7. The highest BCUT2D eigenvalue weighted by Crippen LogP contribution is 2.32. The topological polar surface area (TPSA) is 55.6 Å². The van der Waals surface area contributed by atoms with E-state index in [4.69, 9.17) is 10.5 Å². The second kappa shape index (κ2) is 7.84. The van der Waals surface area contributed by atoms with Gasteiger partial charge in [-0.3, -0.25) is 4.79 Å². The molecule has 4 nitrogen and oxygen atoms in total. The van der Waals surface area contributed by atoms with E-state index in [2.05, 4.69) is 18.7 Å². The van der Waals surface area contributed by atoms with Gasteiger partial charge in [-0.2, -0.15) is 11.8 Å². The van der Waals surface area contributed by atoms with Crippen molar-refractivity contribution in [3.8, 4) is 0 Å². The van der Waals surface area contributed by atoms with E-state index in [9.17, 15) is 4.79 Å². The number of carbonyl (C=O) groups is 1. The Hall–Kier alpha value is -0.260. The Morgan fingerprint density at radius 1 is 1.38 bits per heavy atom. The lowest BCUT2D eigenvalue weighted by molar-refractivity contribution is -0.146. The van der Waals surface area contributed by atoms with E-state index in [1.54, 1.807) is 0 Å². The van der Waals surface area contributed by atoms with E-state index in [1.165, 1.54) is 0 Å². The molecule has 1 amide bonds. The minimum atomic E-state index is -0.383. The Balaban J connectivity index is 2.14. The fourth-order valence-corrected chi connectivity index (χ4v) is 4.63. The number of hydrogen-bond donors (Lipinski definition) is 1. The van der Waals surface area contributed by atoms with Crippen LogP contribution in [-0.4, -0.2) is 54.2 Å². The van der Waals surface area contributed by atoms with Crippen molar-refractivity contribution in [2.24, 2.45) is 11.1 Å². The molecule has 0 bridgehead atoms. The molecular weight excluding hydrogens is 284 g/mol. The van der Waals surface area contributed by atoms with Gasteiger partial charge in [0.15, 0.2) is 0 Å². The highest BCUT2D eigenvalue weighted by molar-refractivity contribution is 7.99. The average molecular weight is 314 g/mol. The van der Waals surface area contributed by atoms with Gasteiger partial charge >= 0.3 is 0 Å². The van der Waals surface area contributed by atoms with Gasteiger partial charge in [0.1, 0.15) is 0 Å². The quantitative estimate of drug-likeness (QED) is 0.783. The molecule has 2 aliphatic heterocycles. The smallest absolute Gasteiger partial charge is 0.230 e. The van der Waals surface area contributed by atoms with Gasteiger partial charge < -0.3 is 15.4 Å². The molecule has 0 radical (unpaired) electrons. The van der Waals surface area contributed by atoms with Gasteiger partial charge in [-0.05, 0) is 37.9 Å². The predicted molar refractivity (Wildman–Crippen MR) is 88.5 cm³/mol. The summed E-state index contributed by atoms with van der Waals surface area (Å²) in [6.45, 7) is 6.21. The zero-order valence-electron chi connectivity index (χ0n) is 13.5. The number of amides is 1. The summed E-state index contributed by atoms with van der Waals surface area (Å²) in [5, 5.41) is 0. The highest BCUT2D eigenvalue weighted by atomic mass is 32.2. The molecule has 2 heterocycles. The van der Waals surface area contributed by atoms with Crippen molar-refractivity contribution < 1.29 is 9.53 Å². The van der Waals surface area contributed by atoms with Crippen LogP contribution in [0, 0.1) is 5.41 Å². The van der Waals surface area contributed by atoms with Crippen LogP contribution in [0.15, 0.2) is 0 Å². The lowest BCUT2D eigenvalue weighted by Crippen LogP contribution is -2.53. The van der Waals surface area contributed by atoms with E-state index >= 15 is 0 Å². The van der Waals surface area contributed by atoms with Crippen LogP contribution in [0.3, 0.4) is 0 Å². The second-order valence-corrected chi connectivity index (χ2v) is 7.45. The molecular formula is C16H30N2O2S. The monoisotopic (exact) mass is 314 g/mol. The molecule has 2 saturated heterocycles. The zero-order valence-corrected chi connectivity index (χ0v) is 14.3. The second-order valence-electron chi connectivity index (χ2n) is 6.30. The minimum Gasteiger partial charge on any atom is -0.376 e. The molecule has 0 aromatic rings. The molecule has 2 atom stereocenters. The fourth-order valence-electron chi connectivity index (χ4n) is 3.41. The van der Waals surface area contributed by atoms with Crippen LogP contribution in [-0.2, 0) is 9.53 Å². The van der Waals surface area contributed by atoms with Crippen LogP contribution in [0.1, 0.15) is 46.0 Å². The molecule has 2 rings (SSSR count). The maximum Gasteiger partial charge on any atom is 0.230 e. The van der Waals surface area contributed by atoms with Crippen LogP contribution in [0.5, 0.6) is 0 Å². The van der Waals surface area contributed by atoms with Gasteiger partial charge in [0, 0.05) is 31.5 Å². The normalized spacial score (nSPS) is 26.2. The van der Waals surface area contributed by atoms with Crippen LogP contribution >= 0.6 is 11.8 Å². The highest BCUT2D eigenvalue weighted by Gasteiger charge is 2.41. The summed E-state index contributed by atoms with van der Waals surface area (Å²) in [6.07, 6.45) is 5.18. The van der Waals surface area contributed by atoms with Crippen LogP contribution in [0.4, 0.5) is 0 Å². The summed E-state index contributed by atoms with van der Waals surface area (Å²) >= 11 is 1.95. The SMILES string of the molecule is CCC(CC)(CN)C(=O)N(CC1CCCO1)C1CCSC1. The van der Waals surface area contributed by atoms with E-state index in [0.717, 1.165) is 56.8 Å². The van der Waals surface area contributed by atoms with E-state index < -0.39 is 0 Å². The third kappa shape index (κ3) is 3.74. The number of hydrogen-bond acceptors (Lipinski definition) is 4. The molecule has 0 saturated carbocycles. The Labute approximate surface area is 133 Å². The number of ether oxygens (including phenoxy) is 1. The van der Waals surface area contributed by atoms with Crippen LogP contribution < -0.4 is 5.73 Å². The van der Waals surface area contributed by atoms with Gasteiger partial charge in [0.25, 0.3) is 0 Å². The van der Waals surface area contributed by atoms with E-state index in [-0.39, 0.29) is 17.4 Å². The molecule has 0 aromatic heterocycles. The first-order chi connectivity index (χ1) is 10.2. The predicted octanol–water partition coefficient (Wildman–Crippen LogP) is 2.26. The lowest BCUT2D eigenvalue weighted by atomic mass is 9.80. The number of carbonyl (C=O) groups excluding carboxylic acids is 1. The molecule has 2 N–H and O–H groups in total. The van der Waals surface area contributed by atoms with Crippen molar-refractivity contribution in [1.29, 1.82) is 0 Å². The first-order valence-corrected chi connectivity index (χ1v) is 9.52. The fraction of sp³-hybridized carbons (Fsp3) is 0.938. The molecule has 0 spiro atoms. The summed E-state index contributed by atoms with van der Waals surface area (Å²) < 4.78 is 5.77. The number of nitrogens with two attached hydrogens (primary N) is 1. The zero-order chi connectivity index (χ0) is 15.3. The summed E-state index contributed by atoms with van der Waals surface area (Å²) in [4.78, 5) is 15.3. The van der Waals surface area contributed by atoms with Crippen molar-refractivity contribution in [2.45, 2.75) is 58.1 Å². The summed E-state index contributed by atoms with van der Waals surface area (Å²) in [6, 6.07) is 0.371. The summed E-state index contributed by atoms with van der Waals surface area (Å²) in [5.41, 5.74) is 5.61. The van der Waals surface area contributed by atoms with Gasteiger partial charge in [0.2, 0.25) is 5.91 Å². The summed E-state index contributed by atoms with van der Waals surface area (Å²) in [7, 11) is 0. The summed E-state index contributed by atoms with van der Waals surface area (Å²) in [5.74, 6) is 2.48. The minimum absolute atomic E-state index is 0.226. The van der Waals surface area contributed by atoms with E-state index in [1.807, 2.05) is 11.8 Å². The molecule has 21 heavy (non-hydrogen) atoms. The molecule has 0 aromatic carbocycles. The maximum atomic E-state index is 13.2. The standard InChI is InChI=1S/C16H30N2O2S/c1-3-16(4-2,12-17)15(19)18(13-7-9-21-11-13)10-14-6-5-8-20-14/h13-14H,3-12,17H2,1-2H3. The Kier molecular flexibility index (Phi) is 6.38. The van der Waals surface area contributed by atoms with Crippen molar-refractivity contribution >= 4 is 17.7 Å². The van der Waals surface area contributed by atoms with E-state index in [0.29, 0.717) is 12.6 Å². The Morgan fingerprint density at radius 3 is 2.62 bits per heavy atom. The molecule has 5 heteroatoms. The van der Waals surface area contributed by atoms with Gasteiger partial charge in [-0.25, -0.2) is 0 Å². The Bertz CT molecular complexity index is 327. The van der Waals surface area contributed by atoms with Crippen molar-refractivity contribution in [1.82, 2.24) is 4.90 Å². The van der Waals surface area contributed by atoms with Gasteiger partial charge in [-0.15, -0.1) is 0 Å². The maximum absolute atomic E-state index is 13.2. The number of thioether (sulfide) groups is 1. The third-order valence-corrected chi connectivity index (χ3v) is 6.37. The number of nitrogens with zero attached hydrogens (tertiary/aromatic N) is 1.